The molecule has 4 N–H and O–H groups in total. The second-order valence-electron chi connectivity index (χ2n) is 6.70. The van der Waals surface area contributed by atoms with Gasteiger partial charge in [-0.15, -0.1) is 0 Å². The molecule has 2 amide bonds. The summed E-state index contributed by atoms with van der Waals surface area (Å²) in [5, 5.41) is 18.4. The average molecular weight is 392 g/mol. The molecule has 3 aromatic rings. The number of hydrogen-bond acceptors (Lipinski definition) is 4. The third-order valence-corrected chi connectivity index (χ3v) is 4.48. The Labute approximate surface area is 169 Å². The highest BCUT2D eigenvalue weighted by molar-refractivity contribution is 6.02. The number of fused-ring (bicyclic) bond motifs is 1. The maximum absolute atomic E-state index is 12.2. The number of hydrogen-bond donors (Lipinski definition) is 4. The van der Waals surface area contributed by atoms with Gasteiger partial charge in [0.05, 0.1) is 23.1 Å². The van der Waals surface area contributed by atoms with Crippen LogP contribution in [-0.4, -0.2) is 22.1 Å². The molecule has 0 radical (unpaired) electrons. The van der Waals surface area contributed by atoms with Crippen molar-refractivity contribution in [2.75, 3.05) is 16.0 Å². The van der Waals surface area contributed by atoms with E-state index in [0.717, 1.165) is 35.0 Å². The van der Waals surface area contributed by atoms with Crippen LogP contribution in [0.2, 0.25) is 0 Å². The van der Waals surface area contributed by atoms with Crippen LogP contribution < -0.4 is 16.0 Å². The Balaban J connectivity index is 1.81. The molecule has 0 fully saturated rings. The van der Waals surface area contributed by atoms with Crippen molar-refractivity contribution in [3.8, 4) is 0 Å². The molecular weight excluding hydrogens is 368 g/mol. The quantitative estimate of drug-likeness (QED) is 0.429. The number of carbonyl (C=O) groups excluding carboxylic acids is 1. The molecule has 0 unspecified atom stereocenters. The van der Waals surface area contributed by atoms with Crippen LogP contribution >= 0.6 is 0 Å². The molecule has 150 valence electrons. The fourth-order valence-electron chi connectivity index (χ4n) is 3.00. The lowest BCUT2D eigenvalue weighted by molar-refractivity contribution is -0.116. The first-order chi connectivity index (χ1) is 14.1. The van der Waals surface area contributed by atoms with Gasteiger partial charge in [0.2, 0.25) is 5.91 Å². The Morgan fingerprint density at radius 1 is 1.03 bits per heavy atom. The smallest absolute Gasteiger partial charge is 0.409 e. The van der Waals surface area contributed by atoms with Crippen molar-refractivity contribution in [1.29, 1.82) is 0 Å². The molecule has 0 spiro atoms. The number of unbranched alkanes of at least 4 members (excludes halogenated alkanes) is 1. The van der Waals surface area contributed by atoms with Crippen LogP contribution in [0.5, 0.6) is 0 Å². The lowest BCUT2D eigenvalue weighted by Gasteiger charge is -2.16. The Hall–Kier alpha value is -3.61. The van der Waals surface area contributed by atoms with Gasteiger partial charge in [-0.2, -0.15) is 0 Å². The summed E-state index contributed by atoms with van der Waals surface area (Å²) in [5.74, 6) is -0.0314. The van der Waals surface area contributed by atoms with E-state index in [1.54, 1.807) is 18.3 Å². The molecular formula is C22H24N4O3. The minimum Gasteiger partial charge on any atom is -0.465 e. The first kappa shape index (κ1) is 20.1. The van der Waals surface area contributed by atoms with Gasteiger partial charge in [0.1, 0.15) is 0 Å². The highest BCUT2D eigenvalue weighted by Crippen LogP contribution is 2.30. The summed E-state index contributed by atoms with van der Waals surface area (Å²) in [7, 11) is 0. The summed E-state index contributed by atoms with van der Waals surface area (Å²) in [4.78, 5) is 27.4. The van der Waals surface area contributed by atoms with Crippen molar-refractivity contribution < 1.29 is 14.7 Å². The number of amides is 2. The van der Waals surface area contributed by atoms with Crippen LogP contribution in [0, 0.1) is 0 Å². The summed E-state index contributed by atoms with van der Waals surface area (Å²) >= 11 is 0. The Kier molecular flexibility index (Phi) is 6.63. The van der Waals surface area contributed by atoms with E-state index in [4.69, 9.17) is 5.11 Å². The van der Waals surface area contributed by atoms with Crippen LogP contribution in [0.25, 0.3) is 10.9 Å². The number of benzene rings is 2. The van der Waals surface area contributed by atoms with Crippen molar-refractivity contribution in [3.63, 3.8) is 0 Å². The molecule has 0 aliphatic carbocycles. The number of anilines is 3. The summed E-state index contributed by atoms with van der Waals surface area (Å²) < 4.78 is 0. The van der Waals surface area contributed by atoms with Crippen LogP contribution in [0.1, 0.15) is 31.7 Å². The summed E-state index contributed by atoms with van der Waals surface area (Å²) in [6, 6.07) is 14.9. The number of carbonyl (C=O) groups is 2. The van der Waals surface area contributed by atoms with Gasteiger partial charge in [0.25, 0.3) is 0 Å². The topological polar surface area (TPSA) is 103 Å². The lowest BCUT2D eigenvalue weighted by atomic mass is 10.1. The van der Waals surface area contributed by atoms with Gasteiger partial charge < -0.3 is 15.7 Å². The van der Waals surface area contributed by atoms with E-state index in [0.29, 0.717) is 24.3 Å². The largest absolute Gasteiger partial charge is 0.465 e. The zero-order chi connectivity index (χ0) is 20.6. The van der Waals surface area contributed by atoms with Crippen molar-refractivity contribution >= 4 is 40.0 Å². The second-order valence-corrected chi connectivity index (χ2v) is 6.70. The molecule has 0 atom stereocenters. The predicted octanol–water partition coefficient (Wildman–Crippen LogP) is 5.07. The molecule has 0 saturated heterocycles. The molecule has 0 aliphatic heterocycles. The minimum atomic E-state index is -1.09. The molecule has 0 aliphatic rings. The van der Waals surface area contributed by atoms with Crippen molar-refractivity contribution in [1.82, 2.24) is 4.98 Å². The van der Waals surface area contributed by atoms with Gasteiger partial charge >= 0.3 is 6.09 Å². The Bertz CT molecular complexity index is 1000. The second kappa shape index (κ2) is 9.54. The number of nitrogens with zero attached hydrogens (tertiary/aromatic N) is 1. The molecule has 29 heavy (non-hydrogen) atoms. The van der Waals surface area contributed by atoms with E-state index in [2.05, 4.69) is 27.9 Å². The maximum atomic E-state index is 12.2. The monoisotopic (exact) mass is 392 g/mol. The van der Waals surface area contributed by atoms with E-state index < -0.39 is 6.09 Å². The number of rotatable bonds is 8. The maximum Gasteiger partial charge on any atom is 0.409 e. The van der Waals surface area contributed by atoms with Gasteiger partial charge in [-0.05, 0) is 30.2 Å². The zero-order valence-electron chi connectivity index (χ0n) is 16.2. The third kappa shape index (κ3) is 5.44. The summed E-state index contributed by atoms with van der Waals surface area (Å²) in [5.41, 5.74) is 3.79. The molecule has 2 aromatic carbocycles. The van der Waals surface area contributed by atoms with Crippen molar-refractivity contribution in [2.24, 2.45) is 0 Å². The zero-order valence-corrected chi connectivity index (χ0v) is 16.2. The Morgan fingerprint density at radius 2 is 1.79 bits per heavy atom. The van der Waals surface area contributed by atoms with E-state index >= 15 is 0 Å². The Morgan fingerprint density at radius 3 is 2.52 bits per heavy atom. The van der Waals surface area contributed by atoms with E-state index in [1.807, 2.05) is 36.4 Å². The van der Waals surface area contributed by atoms with Gasteiger partial charge in [-0.3, -0.25) is 15.1 Å². The van der Waals surface area contributed by atoms with Gasteiger partial charge in [0, 0.05) is 24.0 Å². The number of carboxylic acid groups (broad SMARTS) is 1. The van der Waals surface area contributed by atoms with Crippen molar-refractivity contribution in [2.45, 2.75) is 32.7 Å². The van der Waals surface area contributed by atoms with E-state index in [-0.39, 0.29) is 5.91 Å². The molecule has 0 bridgehead atoms. The molecule has 7 nitrogen and oxygen atoms in total. The average Bonchev–Trinajstić information content (AvgIpc) is 2.72. The van der Waals surface area contributed by atoms with Gasteiger partial charge in [-0.25, -0.2) is 4.79 Å². The van der Waals surface area contributed by atoms with Gasteiger partial charge in [-0.1, -0.05) is 43.7 Å². The van der Waals surface area contributed by atoms with Crippen LogP contribution in [0.15, 0.2) is 54.7 Å². The fourth-order valence-corrected chi connectivity index (χ4v) is 3.00. The highest BCUT2D eigenvalue weighted by Gasteiger charge is 2.11. The predicted molar refractivity (Wildman–Crippen MR) is 115 cm³/mol. The van der Waals surface area contributed by atoms with E-state index in [9.17, 15) is 9.59 Å². The summed E-state index contributed by atoms with van der Waals surface area (Å²) in [6.45, 7) is 2.56. The molecule has 1 aromatic heterocycles. The molecule has 0 saturated carbocycles. The molecule has 7 heteroatoms. The van der Waals surface area contributed by atoms with Crippen LogP contribution in [-0.2, 0) is 11.3 Å². The molecule has 1 heterocycles. The van der Waals surface area contributed by atoms with Crippen LogP contribution in [0.4, 0.5) is 21.9 Å². The SMILES string of the molecule is CCCCC(=O)Nc1cnc2ccccc2c1NCc1ccc(NC(=O)O)cc1. The number of nitrogens with one attached hydrogen (secondary N) is 3. The van der Waals surface area contributed by atoms with E-state index in [1.165, 1.54) is 0 Å². The highest BCUT2D eigenvalue weighted by atomic mass is 16.4. The third-order valence-electron chi connectivity index (χ3n) is 4.48. The van der Waals surface area contributed by atoms with Crippen LogP contribution in [0.3, 0.4) is 0 Å². The normalized spacial score (nSPS) is 10.5. The number of pyridine rings is 1. The number of aromatic nitrogens is 1. The first-order valence-corrected chi connectivity index (χ1v) is 9.57. The summed E-state index contributed by atoms with van der Waals surface area (Å²) in [6.07, 6.45) is 2.85. The lowest BCUT2D eigenvalue weighted by Crippen LogP contribution is -2.14. The fraction of sp³-hybridized carbons (Fsp3) is 0.227. The van der Waals surface area contributed by atoms with Crippen molar-refractivity contribution in [3.05, 3.63) is 60.3 Å². The molecule has 3 rings (SSSR count). The first-order valence-electron chi connectivity index (χ1n) is 9.57. The number of para-hydroxylation sites is 1. The minimum absolute atomic E-state index is 0.0314. The van der Waals surface area contributed by atoms with Gasteiger partial charge in [0.15, 0.2) is 0 Å². The standard InChI is InChI=1S/C22H24N4O3/c1-2-3-8-20(27)26-19-14-23-18-7-5-4-6-17(18)21(19)24-13-15-9-11-16(12-10-15)25-22(28)29/h4-7,9-12,14,25H,2-3,8,13H2,1H3,(H,23,24)(H,26,27)(H,28,29).